The van der Waals surface area contributed by atoms with Gasteiger partial charge in [0, 0.05) is 25.2 Å². The Morgan fingerprint density at radius 3 is 1.51 bits per heavy atom. The van der Waals surface area contributed by atoms with Gasteiger partial charge in [0.05, 0.1) is 26.2 Å². The Kier molecular flexibility index (Phi) is 21.3. The van der Waals surface area contributed by atoms with Crippen LogP contribution in [0, 0.1) is 0 Å². The number of quaternary nitrogens is 1. The van der Waals surface area contributed by atoms with E-state index in [1.54, 1.807) is 0 Å². The van der Waals surface area contributed by atoms with Crippen LogP contribution in [-0.4, -0.2) is 58.8 Å². The second-order valence-electron chi connectivity index (χ2n) is 9.94. The highest BCUT2D eigenvalue weighted by Gasteiger charge is 2.26. The van der Waals surface area contributed by atoms with Gasteiger partial charge in [-0.15, -0.1) is 0 Å². The summed E-state index contributed by atoms with van der Waals surface area (Å²) in [5, 5.41) is 28.8. The zero-order chi connectivity index (χ0) is 26.2. The zero-order valence-corrected chi connectivity index (χ0v) is 22.2. The van der Waals surface area contributed by atoms with Gasteiger partial charge in [-0.25, -0.2) is 0 Å². The number of carboxylic acids is 3. The maximum atomic E-state index is 10.9. The standard InChI is InChI=1S/C28H51NO6/c1-2-3-4-5-6-7-8-9-10-11-15-22-29(23-16-12-19-26(30)31,24-17-13-20-27(32)33)25-18-14-21-28(34)35/h9-10H,2-8,11-25H2,1H3,(H2-,30,31,32,33,34,35)/b10-9+. The molecule has 7 nitrogen and oxygen atoms in total. The lowest BCUT2D eigenvalue weighted by Gasteiger charge is -2.39. The van der Waals surface area contributed by atoms with Crippen LogP contribution in [0.15, 0.2) is 12.2 Å². The molecule has 0 aliphatic rings. The molecule has 0 atom stereocenters. The lowest BCUT2D eigenvalue weighted by Crippen LogP contribution is -2.51. The number of hydrogen-bond acceptors (Lipinski definition) is 4. The molecule has 35 heavy (non-hydrogen) atoms. The minimum absolute atomic E-state index is 0.0548. The topological polar surface area (TPSA) is 115 Å². The molecule has 0 fully saturated rings. The van der Waals surface area contributed by atoms with Crippen LogP contribution in [0.5, 0.6) is 0 Å². The molecule has 0 spiro atoms. The molecule has 0 amide bonds. The van der Waals surface area contributed by atoms with Gasteiger partial charge in [0.2, 0.25) is 0 Å². The van der Waals surface area contributed by atoms with Crippen LogP contribution in [-0.2, 0) is 14.4 Å². The molecule has 0 rings (SSSR count). The monoisotopic (exact) mass is 497 g/mol. The second-order valence-corrected chi connectivity index (χ2v) is 9.94. The summed E-state index contributed by atoms with van der Waals surface area (Å²) in [5.74, 6) is -2.59. The quantitative estimate of drug-likeness (QED) is 0.0949. The molecular weight excluding hydrogens is 446 g/mol. The van der Waals surface area contributed by atoms with Gasteiger partial charge in [0.15, 0.2) is 0 Å². The van der Waals surface area contributed by atoms with E-state index in [9.17, 15) is 19.5 Å². The van der Waals surface area contributed by atoms with Crippen molar-refractivity contribution in [2.45, 2.75) is 122 Å². The first-order chi connectivity index (χ1) is 16.8. The maximum Gasteiger partial charge on any atom is 0.303 e. The van der Waals surface area contributed by atoms with Crippen molar-refractivity contribution in [2.24, 2.45) is 0 Å². The van der Waals surface area contributed by atoms with Gasteiger partial charge >= 0.3 is 11.9 Å². The number of unbranched alkanes of at least 4 members (excludes halogenated alkanes) is 10. The Morgan fingerprint density at radius 2 is 1.03 bits per heavy atom. The minimum Gasteiger partial charge on any atom is -0.550 e. The highest BCUT2D eigenvalue weighted by atomic mass is 16.4. The normalized spacial score (nSPS) is 11.8. The van der Waals surface area contributed by atoms with Crippen LogP contribution < -0.4 is 5.11 Å². The number of rotatable bonds is 26. The lowest BCUT2D eigenvalue weighted by atomic mass is 10.1. The smallest absolute Gasteiger partial charge is 0.303 e. The third-order valence-corrected chi connectivity index (χ3v) is 6.70. The van der Waals surface area contributed by atoms with Crippen molar-refractivity contribution in [1.29, 1.82) is 0 Å². The summed E-state index contributed by atoms with van der Waals surface area (Å²) >= 11 is 0. The van der Waals surface area contributed by atoms with E-state index < -0.39 is 17.9 Å². The van der Waals surface area contributed by atoms with Crippen molar-refractivity contribution in [3.8, 4) is 0 Å². The third kappa shape index (κ3) is 22.3. The van der Waals surface area contributed by atoms with E-state index in [2.05, 4.69) is 19.1 Å². The molecule has 2 N–H and O–H groups in total. The number of nitrogens with zero attached hydrogens (tertiary/aromatic N) is 1. The van der Waals surface area contributed by atoms with Gasteiger partial charge in [-0.1, -0.05) is 51.2 Å². The molecule has 0 aliphatic heterocycles. The van der Waals surface area contributed by atoms with E-state index in [-0.39, 0.29) is 19.3 Å². The number of aliphatic carboxylic acids is 3. The molecule has 0 aromatic heterocycles. The lowest BCUT2D eigenvalue weighted by molar-refractivity contribution is -0.929. The molecule has 0 radical (unpaired) electrons. The average molecular weight is 498 g/mol. The summed E-state index contributed by atoms with van der Waals surface area (Å²) in [6, 6.07) is 0. The molecule has 204 valence electrons. The number of carbonyl (C=O) groups is 3. The third-order valence-electron chi connectivity index (χ3n) is 6.70. The summed E-state index contributed by atoms with van der Waals surface area (Å²) in [6.07, 6.45) is 20.1. The molecule has 0 bridgehead atoms. The molecule has 0 aromatic carbocycles. The van der Waals surface area contributed by atoms with Crippen LogP contribution in [0.4, 0.5) is 0 Å². The fraction of sp³-hybridized carbons (Fsp3) is 0.821. The summed E-state index contributed by atoms with van der Waals surface area (Å²) in [4.78, 5) is 32.7. The second kappa shape index (κ2) is 22.6. The summed E-state index contributed by atoms with van der Waals surface area (Å²) in [7, 11) is 0. The zero-order valence-electron chi connectivity index (χ0n) is 22.2. The number of hydrogen-bond donors (Lipinski definition) is 2. The Balaban J connectivity index is 4.78. The Labute approximate surface area is 213 Å². The van der Waals surface area contributed by atoms with Crippen LogP contribution in [0.3, 0.4) is 0 Å². The number of allylic oxidation sites excluding steroid dienone is 2. The molecule has 0 heterocycles. The van der Waals surface area contributed by atoms with Crippen molar-refractivity contribution >= 4 is 17.9 Å². The molecular formula is C28H51NO6. The van der Waals surface area contributed by atoms with E-state index in [1.165, 1.54) is 38.5 Å². The van der Waals surface area contributed by atoms with Gasteiger partial charge in [-0.3, -0.25) is 9.59 Å². The van der Waals surface area contributed by atoms with E-state index in [0.29, 0.717) is 19.3 Å². The van der Waals surface area contributed by atoms with Crippen molar-refractivity contribution < 1.29 is 34.2 Å². The van der Waals surface area contributed by atoms with Crippen LogP contribution in [0.1, 0.15) is 122 Å². The molecule has 7 heteroatoms. The first-order valence-electron chi connectivity index (χ1n) is 13.9. The first-order valence-corrected chi connectivity index (χ1v) is 13.9. The highest BCUT2D eigenvalue weighted by Crippen LogP contribution is 2.18. The van der Waals surface area contributed by atoms with Crippen molar-refractivity contribution in [1.82, 2.24) is 0 Å². The summed E-state index contributed by atoms with van der Waals surface area (Å²) < 4.78 is 0.817. The maximum absolute atomic E-state index is 10.9. The van der Waals surface area contributed by atoms with Crippen LogP contribution in [0.2, 0.25) is 0 Å². The van der Waals surface area contributed by atoms with Gasteiger partial charge in [0.25, 0.3) is 0 Å². The van der Waals surface area contributed by atoms with Crippen molar-refractivity contribution in [3.05, 3.63) is 12.2 Å². The van der Waals surface area contributed by atoms with E-state index in [4.69, 9.17) is 10.2 Å². The van der Waals surface area contributed by atoms with Gasteiger partial charge in [-0.2, -0.15) is 0 Å². The van der Waals surface area contributed by atoms with Gasteiger partial charge in [-0.05, 0) is 64.2 Å². The Morgan fingerprint density at radius 1 is 0.600 bits per heavy atom. The summed E-state index contributed by atoms with van der Waals surface area (Å²) in [6.45, 7) is 5.73. The molecule has 0 saturated heterocycles. The van der Waals surface area contributed by atoms with E-state index >= 15 is 0 Å². The fourth-order valence-corrected chi connectivity index (χ4v) is 4.66. The fourth-order valence-electron chi connectivity index (χ4n) is 4.66. The number of carboxylic acid groups (broad SMARTS) is 3. The largest absolute Gasteiger partial charge is 0.550 e. The first kappa shape index (κ1) is 33.1. The Bertz CT molecular complexity index is 535. The van der Waals surface area contributed by atoms with Gasteiger partial charge < -0.3 is 24.6 Å². The predicted octanol–water partition coefficient (Wildman–Crippen LogP) is 5.32. The molecule has 0 aromatic rings. The van der Waals surface area contributed by atoms with Crippen LogP contribution >= 0.6 is 0 Å². The van der Waals surface area contributed by atoms with Crippen molar-refractivity contribution in [3.63, 3.8) is 0 Å². The molecule has 0 unspecified atom stereocenters. The average Bonchev–Trinajstić information content (AvgIpc) is 2.80. The van der Waals surface area contributed by atoms with Crippen LogP contribution in [0.25, 0.3) is 0 Å². The predicted molar refractivity (Wildman–Crippen MR) is 138 cm³/mol. The SMILES string of the molecule is CCCCCCCC/C=C/CCC[N+](CCCCC(=O)[O-])(CCCCC(=O)O)CCCCC(=O)O. The number of carbonyl (C=O) groups excluding carboxylic acids is 1. The Hall–Kier alpha value is -1.89. The van der Waals surface area contributed by atoms with E-state index in [1.807, 2.05) is 0 Å². The molecule has 0 saturated carbocycles. The van der Waals surface area contributed by atoms with E-state index in [0.717, 1.165) is 69.2 Å². The van der Waals surface area contributed by atoms with Crippen molar-refractivity contribution in [2.75, 3.05) is 26.2 Å². The molecule has 0 aliphatic carbocycles. The minimum atomic E-state index is -1.03. The summed E-state index contributed by atoms with van der Waals surface area (Å²) in [5.41, 5.74) is 0. The highest BCUT2D eigenvalue weighted by molar-refractivity contribution is 5.66. The van der Waals surface area contributed by atoms with Gasteiger partial charge in [0.1, 0.15) is 0 Å².